The van der Waals surface area contributed by atoms with E-state index in [4.69, 9.17) is 9.47 Å². The third-order valence-electron chi connectivity index (χ3n) is 3.12. The zero-order valence-corrected chi connectivity index (χ0v) is 13.9. The summed E-state index contributed by atoms with van der Waals surface area (Å²) in [6, 6.07) is 0. The molecule has 1 fully saturated rings. The summed E-state index contributed by atoms with van der Waals surface area (Å²) in [5, 5.41) is 9.47. The molecule has 1 N–H and O–H groups in total. The van der Waals surface area contributed by atoms with Crippen molar-refractivity contribution < 1.29 is 19.4 Å². The molecule has 0 aromatic heterocycles. The maximum atomic E-state index is 11.5. The number of carboxylic acids is 1. The number of ether oxygens (including phenoxy) is 2. The van der Waals surface area contributed by atoms with Gasteiger partial charge in [-0.3, -0.25) is 4.79 Å². The molecule has 1 aliphatic heterocycles. The van der Waals surface area contributed by atoms with Gasteiger partial charge in [-0.05, 0) is 19.3 Å². The Bertz CT molecular complexity index is 309. The van der Waals surface area contributed by atoms with Crippen LogP contribution in [-0.4, -0.2) is 33.5 Å². The second-order valence-corrected chi connectivity index (χ2v) is 7.25. The molecule has 106 valence electrons. The fraction of sp³-hybridized carbons (Fsp3) is 0.923. The van der Waals surface area contributed by atoms with Crippen molar-refractivity contribution in [2.45, 2.75) is 59.0 Å². The monoisotopic (exact) mass is 370 g/mol. The Labute approximate surface area is 123 Å². The third kappa shape index (κ3) is 4.06. The standard InChI is InChI=1S/C13H23IO4/c1-12(2,3)10(11(15)16)9-6-8(7-14)17-13(4,5)18-9/h8-10H,6-7H2,1-5H3,(H,15,16)/t8-,9+,10?/m0/s1. The Hall–Kier alpha value is 0.120. The van der Waals surface area contributed by atoms with Gasteiger partial charge in [0.05, 0.1) is 18.1 Å². The molecular weight excluding hydrogens is 347 g/mol. The lowest BCUT2D eigenvalue weighted by atomic mass is 9.75. The molecule has 0 aromatic carbocycles. The van der Waals surface area contributed by atoms with Crippen LogP contribution in [0.25, 0.3) is 0 Å². The topological polar surface area (TPSA) is 55.8 Å². The van der Waals surface area contributed by atoms with Gasteiger partial charge in [-0.2, -0.15) is 0 Å². The molecule has 4 nitrogen and oxygen atoms in total. The summed E-state index contributed by atoms with van der Waals surface area (Å²) in [5.41, 5.74) is -0.334. The van der Waals surface area contributed by atoms with Crippen molar-refractivity contribution in [1.29, 1.82) is 0 Å². The van der Waals surface area contributed by atoms with Gasteiger partial charge in [0.2, 0.25) is 0 Å². The van der Waals surface area contributed by atoms with Gasteiger partial charge in [-0.15, -0.1) is 0 Å². The average molecular weight is 370 g/mol. The van der Waals surface area contributed by atoms with Crippen molar-refractivity contribution in [3.05, 3.63) is 0 Å². The van der Waals surface area contributed by atoms with Crippen LogP contribution in [0.4, 0.5) is 0 Å². The molecule has 0 aliphatic carbocycles. The summed E-state index contributed by atoms with van der Waals surface area (Å²) in [4.78, 5) is 11.5. The molecule has 3 atom stereocenters. The highest BCUT2D eigenvalue weighted by Crippen LogP contribution is 2.38. The number of halogens is 1. The van der Waals surface area contributed by atoms with Gasteiger partial charge in [0, 0.05) is 10.8 Å². The lowest BCUT2D eigenvalue weighted by molar-refractivity contribution is -0.306. The second-order valence-electron chi connectivity index (χ2n) is 6.37. The minimum atomic E-state index is -0.794. The van der Waals surface area contributed by atoms with Gasteiger partial charge in [0.25, 0.3) is 0 Å². The maximum absolute atomic E-state index is 11.5. The Balaban J connectivity index is 2.94. The smallest absolute Gasteiger partial charge is 0.309 e. The summed E-state index contributed by atoms with van der Waals surface area (Å²) in [7, 11) is 0. The van der Waals surface area contributed by atoms with Gasteiger partial charge in [-0.1, -0.05) is 43.4 Å². The van der Waals surface area contributed by atoms with Crippen LogP contribution >= 0.6 is 22.6 Å². The molecule has 18 heavy (non-hydrogen) atoms. The molecule has 1 saturated heterocycles. The van der Waals surface area contributed by atoms with Crippen LogP contribution in [-0.2, 0) is 14.3 Å². The quantitative estimate of drug-likeness (QED) is 0.613. The van der Waals surface area contributed by atoms with Crippen molar-refractivity contribution in [3.63, 3.8) is 0 Å². The summed E-state index contributed by atoms with van der Waals surface area (Å²) < 4.78 is 12.5. The third-order valence-corrected chi connectivity index (χ3v) is 4.11. The van der Waals surface area contributed by atoms with Crippen LogP contribution in [0.15, 0.2) is 0 Å². The van der Waals surface area contributed by atoms with Crippen molar-refractivity contribution in [1.82, 2.24) is 0 Å². The first-order valence-electron chi connectivity index (χ1n) is 6.21. The number of carbonyl (C=O) groups is 1. The molecule has 0 aromatic rings. The number of rotatable bonds is 3. The molecule has 1 aliphatic rings. The largest absolute Gasteiger partial charge is 0.481 e. The van der Waals surface area contributed by atoms with Crippen molar-refractivity contribution >= 4 is 28.6 Å². The first-order valence-corrected chi connectivity index (χ1v) is 7.74. The lowest BCUT2D eigenvalue weighted by Crippen LogP contribution is -2.52. The van der Waals surface area contributed by atoms with Crippen LogP contribution < -0.4 is 0 Å². The van der Waals surface area contributed by atoms with E-state index in [1.165, 1.54) is 0 Å². The average Bonchev–Trinajstić information content (AvgIpc) is 2.11. The number of hydrogen-bond acceptors (Lipinski definition) is 3. The van der Waals surface area contributed by atoms with E-state index in [0.717, 1.165) is 4.43 Å². The molecule has 0 saturated carbocycles. The fourth-order valence-electron chi connectivity index (χ4n) is 2.53. The molecule has 1 unspecified atom stereocenters. The first-order chi connectivity index (χ1) is 8.07. The maximum Gasteiger partial charge on any atom is 0.309 e. The molecule has 0 amide bonds. The van der Waals surface area contributed by atoms with Crippen LogP contribution in [0.3, 0.4) is 0 Å². The second kappa shape index (κ2) is 5.63. The van der Waals surface area contributed by atoms with Gasteiger partial charge >= 0.3 is 5.97 Å². The minimum absolute atomic E-state index is 0.0588. The zero-order chi connectivity index (χ0) is 14.1. The zero-order valence-electron chi connectivity index (χ0n) is 11.7. The lowest BCUT2D eigenvalue weighted by Gasteiger charge is -2.45. The van der Waals surface area contributed by atoms with E-state index in [2.05, 4.69) is 22.6 Å². The summed E-state index contributed by atoms with van der Waals surface area (Å²) in [5.74, 6) is -2.03. The molecular formula is C13H23IO4. The first kappa shape index (κ1) is 16.2. The van der Waals surface area contributed by atoms with E-state index in [-0.39, 0.29) is 17.6 Å². The Morgan fingerprint density at radius 1 is 1.44 bits per heavy atom. The highest BCUT2D eigenvalue weighted by atomic mass is 127. The van der Waals surface area contributed by atoms with Crippen LogP contribution in [0.5, 0.6) is 0 Å². The molecule has 0 radical (unpaired) electrons. The number of hydrogen-bond donors (Lipinski definition) is 1. The van der Waals surface area contributed by atoms with Crippen molar-refractivity contribution in [2.24, 2.45) is 11.3 Å². The van der Waals surface area contributed by atoms with Gasteiger partial charge in [0.1, 0.15) is 0 Å². The van der Waals surface area contributed by atoms with E-state index in [1.807, 2.05) is 34.6 Å². The number of aliphatic carboxylic acids is 1. The van der Waals surface area contributed by atoms with E-state index in [1.54, 1.807) is 0 Å². The van der Waals surface area contributed by atoms with Crippen LogP contribution in [0.2, 0.25) is 0 Å². The van der Waals surface area contributed by atoms with E-state index in [9.17, 15) is 9.90 Å². The number of carboxylic acid groups (broad SMARTS) is 1. The minimum Gasteiger partial charge on any atom is -0.481 e. The van der Waals surface area contributed by atoms with Gasteiger partial charge in [0.15, 0.2) is 5.79 Å². The highest BCUT2D eigenvalue weighted by molar-refractivity contribution is 14.1. The molecule has 1 heterocycles. The highest BCUT2D eigenvalue weighted by Gasteiger charge is 2.45. The van der Waals surface area contributed by atoms with Crippen molar-refractivity contribution in [2.75, 3.05) is 4.43 Å². The van der Waals surface area contributed by atoms with Crippen molar-refractivity contribution in [3.8, 4) is 0 Å². The summed E-state index contributed by atoms with van der Waals surface area (Å²) >= 11 is 2.27. The summed E-state index contributed by atoms with van der Waals surface area (Å²) in [6.07, 6.45) is 0.398. The van der Waals surface area contributed by atoms with E-state index >= 15 is 0 Å². The van der Waals surface area contributed by atoms with Crippen LogP contribution in [0.1, 0.15) is 41.0 Å². The molecule has 0 spiro atoms. The van der Waals surface area contributed by atoms with E-state index in [0.29, 0.717) is 6.42 Å². The Morgan fingerprint density at radius 3 is 2.39 bits per heavy atom. The normalized spacial score (nSPS) is 29.9. The van der Waals surface area contributed by atoms with Crippen LogP contribution in [0, 0.1) is 11.3 Å². The molecule has 1 rings (SSSR count). The van der Waals surface area contributed by atoms with E-state index < -0.39 is 17.7 Å². The predicted molar refractivity (Wildman–Crippen MR) is 77.9 cm³/mol. The Kier molecular flexibility index (Phi) is 5.06. The molecule has 5 heteroatoms. The SMILES string of the molecule is CC1(C)O[C@H](CI)C[C@H](C(C(=O)O)C(C)(C)C)O1. The predicted octanol–water partition coefficient (Wildman–Crippen LogP) is 3.08. The summed E-state index contributed by atoms with van der Waals surface area (Å²) in [6.45, 7) is 9.52. The van der Waals surface area contributed by atoms with Gasteiger partial charge in [-0.25, -0.2) is 0 Å². The van der Waals surface area contributed by atoms with Gasteiger partial charge < -0.3 is 14.6 Å². The molecule has 0 bridgehead atoms. The fourth-order valence-corrected chi connectivity index (χ4v) is 3.07. The number of alkyl halides is 1. The Morgan fingerprint density at radius 2 is 2.00 bits per heavy atom.